The van der Waals surface area contributed by atoms with Crippen molar-refractivity contribution in [3.63, 3.8) is 0 Å². The van der Waals surface area contributed by atoms with E-state index in [0.29, 0.717) is 37.6 Å². The number of hydrogen-bond acceptors (Lipinski definition) is 7. The van der Waals surface area contributed by atoms with Gasteiger partial charge in [-0.2, -0.15) is 4.31 Å². The monoisotopic (exact) mass is 417 g/mol. The van der Waals surface area contributed by atoms with E-state index in [9.17, 15) is 22.8 Å². The maximum absolute atomic E-state index is 12.8. The molecule has 1 aromatic carbocycles. The second kappa shape index (κ2) is 6.71. The summed E-state index contributed by atoms with van der Waals surface area (Å²) < 4.78 is 26.1. The lowest BCUT2D eigenvalue weighted by Crippen LogP contribution is -2.48. The van der Waals surface area contributed by atoms with Gasteiger partial charge in [-0.1, -0.05) is 12.1 Å². The van der Waals surface area contributed by atoms with Gasteiger partial charge in [-0.05, 0) is 12.1 Å². The molecule has 0 saturated carbocycles. The fourth-order valence-corrected chi connectivity index (χ4v) is 4.54. The summed E-state index contributed by atoms with van der Waals surface area (Å²) in [7, 11) is -3.27. The number of benzene rings is 1. The highest BCUT2D eigenvalue weighted by Gasteiger charge is 2.32. The third kappa shape index (κ3) is 3.17. The Kier molecular flexibility index (Phi) is 4.43. The molecular formula is C18H19N5O5S. The van der Waals surface area contributed by atoms with Crippen molar-refractivity contribution < 1.29 is 18.0 Å². The third-order valence-corrected chi connectivity index (χ3v) is 6.43. The van der Waals surface area contributed by atoms with Crippen molar-refractivity contribution in [2.45, 2.75) is 0 Å². The molecule has 0 atom stereocenters. The van der Waals surface area contributed by atoms with Crippen molar-refractivity contribution in [2.75, 3.05) is 43.1 Å². The van der Waals surface area contributed by atoms with Crippen molar-refractivity contribution in [3.05, 3.63) is 51.8 Å². The van der Waals surface area contributed by atoms with Gasteiger partial charge in [0.1, 0.15) is 5.82 Å². The summed E-state index contributed by atoms with van der Waals surface area (Å²) in [5.74, 6) is -1.40. The number of rotatable bonds is 3. The molecule has 0 aliphatic carbocycles. The van der Waals surface area contributed by atoms with E-state index < -0.39 is 27.4 Å². The Morgan fingerprint density at radius 1 is 0.966 bits per heavy atom. The number of pyridine rings is 1. The van der Waals surface area contributed by atoms with Crippen LogP contribution in [0, 0.1) is 0 Å². The Morgan fingerprint density at radius 2 is 1.59 bits per heavy atom. The number of carbonyl (C=O) groups is 2. The average Bonchev–Trinajstić information content (AvgIpc) is 2.95. The first-order valence-corrected chi connectivity index (χ1v) is 10.7. The summed E-state index contributed by atoms with van der Waals surface area (Å²) in [6.45, 7) is 1.50. The standard InChI is InChI=1S/C18H19N5O5S/c1-29(27,28)22-8-6-21(7-9-22)12-4-2-3-5-13(12)23-14(24)10-11-15(16(23)19)18(26)20-17(11)25/h2-5,10H,6-9,19H2,1H3,(H,20,25,26). The lowest BCUT2D eigenvalue weighted by Gasteiger charge is -2.35. The molecule has 10 nitrogen and oxygen atoms in total. The van der Waals surface area contributed by atoms with Gasteiger partial charge in [-0.15, -0.1) is 0 Å². The normalized spacial score (nSPS) is 17.3. The van der Waals surface area contributed by atoms with Gasteiger partial charge in [-0.3, -0.25) is 24.3 Å². The largest absolute Gasteiger partial charge is 0.384 e. The van der Waals surface area contributed by atoms with Gasteiger partial charge in [0, 0.05) is 32.2 Å². The number of anilines is 2. The summed E-state index contributed by atoms with van der Waals surface area (Å²) in [4.78, 5) is 38.7. The van der Waals surface area contributed by atoms with Crippen LogP contribution < -0.4 is 21.5 Å². The van der Waals surface area contributed by atoms with Crippen LogP contribution in [-0.2, 0) is 10.0 Å². The van der Waals surface area contributed by atoms with Gasteiger partial charge in [0.05, 0.1) is 28.8 Å². The van der Waals surface area contributed by atoms with E-state index in [0.717, 1.165) is 6.07 Å². The van der Waals surface area contributed by atoms with Gasteiger partial charge in [0.25, 0.3) is 17.4 Å². The van der Waals surface area contributed by atoms with E-state index in [1.807, 2.05) is 4.90 Å². The van der Waals surface area contributed by atoms with E-state index in [4.69, 9.17) is 5.73 Å². The van der Waals surface area contributed by atoms with E-state index in [1.54, 1.807) is 24.3 Å². The first kappa shape index (κ1) is 19.2. The highest BCUT2D eigenvalue weighted by Crippen LogP contribution is 2.29. The SMILES string of the molecule is CS(=O)(=O)N1CCN(c2ccccc2-n2c(N)c3c(cc2=O)C(=O)NC3=O)CC1. The minimum atomic E-state index is -3.27. The number of para-hydroxylation sites is 2. The maximum atomic E-state index is 12.8. The van der Waals surface area contributed by atoms with Gasteiger partial charge < -0.3 is 10.6 Å². The molecule has 0 bridgehead atoms. The second-order valence-electron chi connectivity index (χ2n) is 6.91. The quantitative estimate of drug-likeness (QED) is 0.636. The number of nitrogens with zero attached hydrogens (tertiary/aromatic N) is 3. The number of imide groups is 1. The molecule has 0 radical (unpaired) electrons. The predicted molar refractivity (Wildman–Crippen MR) is 107 cm³/mol. The number of aromatic nitrogens is 1. The average molecular weight is 417 g/mol. The highest BCUT2D eigenvalue weighted by atomic mass is 32.2. The summed E-state index contributed by atoms with van der Waals surface area (Å²) >= 11 is 0. The number of carbonyl (C=O) groups excluding carboxylic acids is 2. The molecule has 2 aromatic rings. The first-order chi connectivity index (χ1) is 13.7. The van der Waals surface area contributed by atoms with Crippen LogP contribution in [0.5, 0.6) is 0 Å². The molecule has 3 heterocycles. The summed E-state index contributed by atoms with van der Waals surface area (Å²) in [6, 6.07) is 8.12. The zero-order valence-electron chi connectivity index (χ0n) is 15.6. The lowest BCUT2D eigenvalue weighted by molar-refractivity contribution is 0.0880. The molecule has 1 saturated heterocycles. The zero-order chi connectivity index (χ0) is 20.9. The summed E-state index contributed by atoms with van der Waals surface area (Å²) in [6.07, 6.45) is 1.17. The van der Waals surface area contributed by atoms with Crippen molar-refractivity contribution in [1.29, 1.82) is 0 Å². The zero-order valence-corrected chi connectivity index (χ0v) is 16.4. The number of hydrogen-bond donors (Lipinski definition) is 2. The minimum absolute atomic E-state index is 0.0219. The smallest absolute Gasteiger partial charge is 0.262 e. The van der Waals surface area contributed by atoms with E-state index in [-0.39, 0.29) is 16.9 Å². The van der Waals surface area contributed by atoms with E-state index in [2.05, 4.69) is 5.32 Å². The first-order valence-electron chi connectivity index (χ1n) is 8.89. The Balaban J connectivity index is 1.78. The van der Waals surface area contributed by atoms with Crippen LogP contribution >= 0.6 is 0 Å². The molecule has 29 heavy (non-hydrogen) atoms. The Bertz CT molecular complexity index is 1200. The topological polar surface area (TPSA) is 135 Å². The number of nitrogens with one attached hydrogen (secondary N) is 1. The summed E-state index contributed by atoms with van der Waals surface area (Å²) in [5.41, 5.74) is 6.69. The van der Waals surface area contributed by atoms with Crippen LogP contribution in [0.3, 0.4) is 0 Å². The van der Waals surface area contributed by atoms with Crippen molar-refractivity contribution in [3.8, 4) is 5.69 Å². The molecule has 152 valence electrons. The lowest BCUT2D eigenvalue weighted by atomic mass is 10.1. The second-order valence-corrected chi connectivity index (χ2v) is 8.90. The van der Waals surface area contributed by atoms with Crippen molar-refractivity contribution in [2.24, 2.45) is 0 Å². The van der Waals surface area contributed by atoms with E-state index in [1.165, 1.54) is 15.1 Å². The van der Waals surface area contributed by atoms with Gasteiger partial charge in [-0.25, -0.2) is 8.42 Å². The van der Waals surface area contributed by atoms with Crippen molar-refractivity contribution >= 4 is 33.3 Å². The molecule has 11 heteroatoms. The molecule has 2 aliphatic heterocycles. The molecule has 3 N–H and O–H groups in total. The maximum Gasteiger partial charge on any atom is 0.262 e. The van der Waals surface area contributed by atoms with Crippen LogP contribution in [0.25, 0.3) is 5.69 Å². The Hall–Kier alpha value is -3.18. The summed E-state index contributed by atoms with van der Waals surface area (Å²) in [5, 5.41) is 2.14. The minimum Gasteiger partial charge on any atom is -0.384 e. The number of sulfonamides is 1. The van der Waals surface area contributed by atoms with Gasteiger partial charge in [0.15, 0.2) is 0 Å². The predicted octanol–water partition coefficient (Wildman–Crippen LogP) is -0.615. The van der Waals surface area contributed by atoms with Crippen LogP contribution in [0.4, 0.5) is 11.5 Å². The molecule has 2 amide bonds. The number of piperazine rings is 1. The Labute approximate surface area is 166 Å². The fourth-order valence-electron chi connectivity index (χ4n) is 3.71. The van der Waals surface area contributed by atoms with Crippen molar-refractivity contribution in [1.82, 2.24) is 14.2 Å². The molecule has 1 fully saturated rings. The number of nitrogen functional groups attached to an aromatic ring is 1. The van der Waals surface area contributed by atoms with Crippen LogP contribution in [0.15, 0.2) is 35.1 Å². The highest BCUT2D eigenvalue weighted by molar-refractivity contribution is 7.88. The van der Waals surface area contributed by atoms with Gasteiger partial charge >= 0.3 is 0 Å². The van der Waals surface area contributed by atoms with Crippen LogP contribution in [-0.4, -0.2) is 61.5 Å². The third-order valence-electron chi connectivity index (χ3n) is 5.12. The molecular weight excluding hydrogens is 398 g/mol. The fraction of sp³-hybridized carbons (Fsp3) is 0.278. The van der Waals surface area contributed by atoms with Crippen LogP contribution in [0.2, 0.25) is 0 Å². The van der Waals surface area contributed by atoms with Gasteiger partial charge in [0.2, 0.25) is 10.0 Å². The van der Waals surface area contributed by atoms with Crippen LogP contribution in [0.1, 0.15) is 20.7 Å². The molecule has 4 rings (SSSR count). The van der Waals surface area contributed by atoms with E-state index >= 15 is 0 Å². The molecule has 0 unspecified atom stereocenters. The molecule has 2 aliphatic rings. The number of fused-ring (bicyclic) bond motifs is 1. The number of nitrogens with two attached hydrogens (primary N) is 1. The molecule has 1 aromatic heterocycles. The Morgan fingerprint density at radius 3 is 2.21 bits per heavy atom. The molecule has 0 spiro atoms. The number of amides is 2.